The lowest BCUT2D eigenvalue weighted by molar-refractivity contribution is -0.144. The fourth-order valence-electron chi connectivity index (χ4n) is 4.81. The normalized spacial score (nSPS) is 19.1. The number of nitrogens with one attached hydrogen (secondary N) is 4. The van der Waals surface area contributed by atoms with E-state index < -0.39 is 47.4 Å². The zero-order valence-electron chi connectivity index (χ0n) is 24.7. The molecule has 0 spiro atoms. The summed E-state index contributed by atoms with van der Waals surface area (Å²) in [6, 6.07) is 12.7. The van der Waals surface area contributed by atoms with Crippen LogP contribution in [-0.4, -0.2) is 78.0 Å². The third-order valence-electron chi connectivity index (χ3n) is 7.46. The van der Waals surface area contributed by atoms with Crippen molar-refractivity contribution in [1.29, 1.82) is 0 Å². The Morgan fingerprint density at radius 2 is 1.63 bits per heavy atom. The molecule has 5 atom stereocenters. The molecule has 1 saturated heterocycles. The van der Waals surface area contributed by atoms with Gasteiger partial charge in [0, 0.05) is 18.2 Å². The third kappa shape index (κ3) is 8.14. The standard InChI is InChI=1S/C31H43N5O5/c1-19-12-14-22(15-13-19)28(39)33-23-16-25(29(40)34-24(18-37)21-10-8-7-9-11-21)36(17-23)30(41)26(31(3,4)5)35-27(38)20(2)32-6/h7-15,20,23-26,32,37H,16-18H2,1-6H3,(H,33,39)(H,34,40)(H,35,38)/t20-,23-,24-,25-,26+/m0/s1. The van der Waals surface area contributed by atoms with Crippen LogP contribution in [0.4, 0.5) is 0 Å². The molecule has 0 saturated carbocycles. The average Bonchev–Trinajstić information content (AvgIpc) is 3.37. The molecule has 10 heteroatoms. The SMILES string of the molecule is CN[C@@H](C)C(=O)N[C@H](C(=O)N1C[C@@H](NC(=O)c2ccc(C)cc2)C[C@H]1C(=O)N[C@@H](CO)c1ccccc1)C(C)(C)C. The molecule has 10 nitrogen and oxygen atoms in total. The molecule has 1 aliphatic heterocycles. The molecule has 1 fully saturated rings. The number of likely N-dealkylation sites (tertiary alicyclic amines) is 1. The molecule has 0 radical (unpaired) electrons. The van der Waals surface area contributed by atoms with Gasteiger partial charge in [0.25, 0.3) is 5.91 Å². The van der Waals surface area contributed by atoms with Crippen molar-refractivity contribution in [3.05, 3.63) is 71.3 Å². The number of benzene rings is 2. The monoisotopic (exact) mass is 565 g/mol. The summed E-state index contributed by atoms with van der Waals surface area (Å²) in [4.78, 5) is 55.0. The second-order valence-electron chi connectivity index (χ2n) is 11.8. The molecule has 4 amide bonds. The van der Waals surface area contributed by atoms with Gasteiger partial charge >= 0.3 is 0 Å². The van der Waals surface area contributed by atoms with Gasteiger partial charge in [0.2, 0.25) is 17.7 Å². The summed E-state index contributed by atoms with van der Waals surface area (Å²) >= 11 is 0. The van der Waals surface area contributed by atoms with Gasteiger partial charge in [0.05, 0.1) is 18.7 Å². The second-order valence-corrected chi connectivity index (χ2v) is 11.8. The number of hydrogen-bond acceptors (Lipinski definition) is 6. The minimum Gasteiger partial charge on any atom is -0.394 e. The third-order valence-corrected chi connectivity index (χ3v) is 7.46. The van der Waals surface area contributed by atoms with Crippen LogP contribution in [0.1, 0.15) is 61.6 Å². The van der Waals surface area contributed by atoms with Gasteiger partial charge in [0.15, 0.2) is 0 Å². The van der Waals surface area contributed by atoms with Crippen LogP contribution in [-0.2, 0) is 14.4 Å². The fourth-order valence-corrected chi connectivity index (χ4v) is 4.81. The topological polar surface area (TPSA) is 140 Å². The Morgan fingerprint density at radius 1 is 1.00 bits per heavy atom. The average molecular weight is 566 g/mol. The van der Waals surface area contributed by atoms with Gasteiger partial charge in [-0.15, -0.1) is 0 Å². The first-order valence-corrected chi connectivity index (χ1v) is 14.0. The van der Waals surface area contributed by atoms with Crippen LogP contribution in [0.15, 0.2) is 54.6 Å². The van der Waals surface area contributed by atoms with Crippen LogP contribution in [0, 0.1) is 12.3 Å². The van der Waals surface area contributed by atoms with Crippen molar-refractivity contribution in [2.75, 3.05) is 20.2 Å². The highest BCUT2D eigenvalue weighted by molar-refractivity contribution is 5.96. The lowest BCUT2D eigenvalue weighted by Gasteiger charge is -2.36. The van der Waals surface area contributed by atoms with Crippen molar-refractivity contribution in [1.82, 2.24) is 26.2 Å². The van der Waals surface area contributed by atoms with Crippen LogP contribution in [0.5, 0.6) is 0 Å². The number of carbonyl (C=O) groups is 4. The van der Waals surface area contributed by atoms with E-state index in [1.807, 2.05) is 58.0 Å². The van der Waals surface area contributed by atoms with E-state index >= 15 is 0 Å². The van der Waals surface area contributed by atoms with E-state index in [1.165, 1.54) is 4.90 Å². The summed E-state index contributed by atoms with van der Waals surface area (Å²) in [5.74, 6) is -1.50. The first-order valence-electron chi connectivity index (χ1n) is 14.0. The minimum atomic E-state index is -0.924. The Balaban J connectivity index is 1.88. The number of aryl methyl sites for hydroxylation is 1. The molecule has 3 rings (SSSR count). The molecule has 222 valence electrons. The van der Waals surface area contributed by atoms with Crippen molar-refractivity contribution in [2.45, 2.75) is 71.2 Å². The lowest BCUT2D eigenvalue weighted by atomic mass is 9.85. The molecular formula is C31H43N5O5. The summed E-state index contributed by atoms with van der Waals surface area (Å²) in [5, 5.41) is 21.6. The molecule has 0 aliphatic carbocycles. The minimum absolute atomic E-state index is 0.0910. The van der Waals surface area contributed by atoms with E-state index in [-0.39, 0.29) is 31.4 Å². The predicted molar refractivity (Wildman–Crippen MR) is 157 cm³/mol. The smallest absolute Gasteiger partial charge is 0.251 e. The summed E-state index contributed by atoms with van der Waals surface area (Å²) in [6.45, 7) is 8.93. The van der Waals surface area contributed by atoms with Crippen LogP contribution in [0.25, 0.3) is 0 Å². The van der Waals surface area contributed by atoms with E-state index in [0.717, 1.165) is 11.1 Å². The molecule has 2 aromatic rings. The highest BCUT2D eigenvalue weighted by atomic mass is 16.3. The maximum absolute atomic E-state index is 14.1. The molecule has 2 aromatic carbocycles. The number of hydrogen-bond donors (Lipinski definition) is 5. The maximum atomic E-state index is 14.1. The summed E-state index contributed by atoms with van der Waals surface area (Å²) < 4.78 is 0. The van der Waals surface area contributed by atoms with Crippen LogP contribution < -0.4 is 21.3 Å². The zero-order chi connectivity index (χ0) is 30.3. The maximum Gasteiger partial charge on any atom is 0.251 e. The summed E-state index contributed by atoms with van der Waals surface area (Å²) in [5.41, 5.74) is 1.56. The Morgan fingerprint density at radius 3 is 2.20 bits per heavy atom. The van der Waals surface area contributed by atoms with Crippen molar-refractivity contribution in [2.24, 2.45) is 5.41 Å². The van der Waals surface area contributed by atoms with Crippen molar-refractivity contribution in [3.8, 4) is 0 Å². The number of likely N-dealkylation sites (N-methyl/N-ethyl adjacent to an activating group) is 1. The number of carbonyl (C=O) groups excluding carboxylic acids is 4. The van der Waals surface area contributed by atoms with Crippen molar-refractivity contribution >= 4 is 23.6 Å². The van der Waals surface area contributed by atoms with E-state index in [2.05, 4.69) is 21.3 Å². The first-order chi connectivity index (χ1) is 19.3. The second kappa shape index (κ2) is 13.7. The molecule has 1 aliphatic rings. The molecule has 0 unspecified atom stereocenters. The van der Waals surface area contributed by atoms with E-state index in [4.69, 9.17) is 0 Å². The van der Waals surface area contributed by atoms with Gasteiger partial charge in [0.1, 0.15) is 12.1 Å². The van der Waals surface area contributed by atoms with Crippen molar-refractivity contribution < 1.29 is 24.3 Å². The summed E-state index contributed by atoms with van der Waals surface area (Å²) in [6.07, 6.45) is 0.180. The van der Waals surface area contributed by atoms with E-state index in [1.54, 1.807) is 38.2 Å². The Kier molecular flexibility index (Phi) is 10.6. The van der Waals surface area contributed by atoms with Gasteiger partial charge in [-0.2, -0.15) is 0 Å². The largest absolute Gasteiger partial charge is 0.394 e. The number of amides is 4. The molecule has 0 bridgehead atoms. The Bertz CT molecular complexity index is 1210. The highest BCUT2D eigenvalue weighted by Gasteiger charge is 2.45. The van der Waals surface area contributed by atoms with E-state index in [9.17, 15) is 24.3 Å². The van der Waals surface area contributed by atoms with Gasteiger partial charge < -0.3 is 31.3 Å². The van der Waals surface area contributed by atoms with Crippen LogP contribution in [0.2, 0.25) is 0 Å². The zero-order valence-corrected chi connectivity index (χ0v) is 24.7. The number of aliphatic hydroxyl groups is 1. The summed E-state index contributed by atoms with van der Waals surface area (Å²) in [7, 11) is 1.66. The molecule has 0 aromatic heterocycles. The number of aliphatic hydroxyl groups excluding tert-OH is 1. The van der Waals surface area contributed by atoms with Crippen LogP contribution in [0.3, 0.4) is 0 Å². The molecule has 1 heterocycles. The fraction of sp³-hybridized carbons (Fsp3) is 0.484. The highest BCUT2D eigenvalue weighted by Crippen LogP contribution is 2.27. The van der Waals surface area contributed by atoms with Gasteiger partial charge in [-0.05, 0) is 50.4 Å². The van der Waals surface area contributed by atoms with Gasteiger partial charge in [-0.1, -0.05) is 68.8 Å². The predicted octanol–water partition coefficient (Wildman–Crippen LogP) is 1.68. The van der Waals surface area contributed by atoms with Gasteiger partial charge in [-0.25, -0.2) is 0 Å². The molecule has 41 heavy (non-hydrogen) atoms. The Labute approximate surface area is 242 Å². The molecular weight excluding hydrogens is 522 g/mol. The van der Waals surface area contributed by atoms with E-state index in [0.29, 0.717) is 5.56 Å². The number of rotatable bonds is 10. The first kappa shape index (κ1) is 31.8. The lowest BCUT2D eigenvalue weighted by Crippen LogP contribution is -2.59. The van der Waals surface area contributed by atoms with Gasteiger partial charge in [-0.3, -0.25) is 19.2 Å². The Hall–Kier alpha value is -3.76. The van der Waals surface area contributed by atoms with Crippen LogP contribution >= 0.6 is 0 Å². The quantitative estimate of drug-likeness (QED) is 0.297. The van der Waals surface area contributed by atoms with Crippen molar-refractivity contribution in [3.63, 3.8) is 0 Å². The molecule has 5 N–H and O–H groups in total. The number of nitrogens with zero attached hydrogens (tertiary/aromatic N) is 1.